The highest BCUT2D eigenvalue weighted by atomic mass is 19.1. The molecule has 0 saturated carbocycles. The van der Waals surface area contributed by atoms with Gasteiger partial charge in [-0.2, -0.15) is 0 Å². The second kappa shape index (κ2) is 5.61. The monoisotopic (exact) mass is 236 g/mol. The first kappa shape index (κ1) is 12.5. The van der Waals surface area contributed by atoms with Gasteiger partial charge in [-0.1, -0.05) is 12.1 Å². The molecule has 0 spiro atoms. The van der Waals surface area contributed by atoms with E-state index < -0.39 is 0 Å². The Hall–Kier alpha value is -0.930. The summed E-state index contributed by atoms with van der Waals surface area (Å²) in [5, 5.41) is 3.49. The van der Waals surface area contributed by atoms with Gasteiger partial charge in [0.1, 0.15) is 5.82 Å². The maximum absolute atomic E-state index is 13.1. The normalized spacial score (nSPS) is 20.1. The minimum absolute atomic E-state index is 0.117. The summed E-state index contributed by atoms with van der Waals surface area (Å²) in [4.78, 5) is 2.30. The van der Waals surface area contributed by atoms with E-state index in [1.54, 1.807) is 6.07 Å². The number of halogens is 1. The lowest BCUT2D eigenvalue weighted by Crippen LogP contribution is -2.34. The maximum atomic E-state index is 13.1. The largest absolute Gasteiger partial charge is 0.313 e. The number of nitrogens with zero attached hydrogens (tertiary/aromatic N) is 1. The minimum atomic E-state index is -0.117. The van der Waals surface area contributed by atoms with Crippen molar-refractivity contribution in [1.82, 2.24) is 10.2 Å². The average Bonchev–Trinajstić information content (AvgIpc) is 2.76. The molecule has 1 aromatic rings. The fourth-order valence-corrected chi connectivity index (χ4v) is 2.47. The van der Waals surface area contributed by atoms with Crippen LogP contribution in [0.25, 0.3) is 0 Å². The molecule has 1 aromatic carbocycles. The van der Waals surface area contributed by atoms with Crippen molar-refractivity contribution in [1.29, 1.82) is 0 Å². The highest BCUT2D eigenvalue weighted by Gasteiger charge is 2.15. The van der Waals surface area contributed by atoms with Crippen LogP contribution in [-0.2, 0) is 6.54 Å². The van der Waals surface area contributed by atoms with Crippen LogP contribution in [0.1, 0.15) is 24.0 Å². The predicted molar refractivity (Wildman–Crippen MR) is 68.5 cm³/mol. The van der Waals surface area contributed by atoms with Crippen molar-refractivity contribution in [2.45, 2.75) is 32.4 Å². The van der Waals surface area contributed by atoms with Crippen LogP contribution in [0.3, 0.4) is 0 Å². The molecule has 1 aliphatic heterocycles. The SMILES string of the molecule is Cc1cc(CN(C)CC2CCCN2)ccc1F. The molecule has 1 heterocycles. The third-order valence-electron chi connectivity index (χ3n) is 3.37. The van der Waals surface area contributed by atoms with Crippen LogP contribution in [0.4, 0.5) is 4.39 Å². The number of hydrogen-bond acceptors (Lipinski definition) is 2. The highest BCUT2D eigenvalue weighted by Crippen LogP contribution is 2.12. The van der Waals surface area contributed by atoms with Gasteiger partial charge in [-0.05, 0) is 50.6 Å². The molecule has 17 heavy (non-hydrogen) atoms. The van der Waals surface area contributed by atoms with Crippen molar-refractivity contribution >= 4 is 0 Å². The average molecular weight is 236 g/mol. The second-order valence-corrected chi connectivity index (χ2v) is 5.07. The summed E-state index contributed by atoms with van der Waals surface area (Å²) in [7, 11) is 2.12. The van der Waals surface area contributed by atoms with E-state index in [1.165, 1.54) is 18.4 Å². The number of nitrogens with one attached hydrogen (secondary N) is 1. The lowest BCUT2D eigenvalue weighted by molar-refractivity contribution is 0.293. The summed E-state index contributed by atoms with van der Waals surface area (Å²) in [5.41, 5.74) is 1.92. The topological polar surface area (TPSA) is 15.3 Å². The van der Waals surface area contributed by atoms with Gasteiger partial charge in [0.2, 0.25) is 0 Å². The van der Waals surface area contributed by atoms with Crippen LogP contribution in [0, 0.1) is 12.7 Å². The van der Waals surface area contributed by atoms with E-state index in [2.05, 4.69) is 17.3 Å². The lowest BCUT2D eigenvalue weighted by atomic mass is 10.1. The molecular weight excluding hydrogens is 215 g/mol. The Morgan fingerprint density at radius 1 is 1.47 bits per heavy atom. The van der Waals surface area contributed by atoms with Gasteiger partial charge >= 0.3 is 0 Å². The van der Waals surface area contributed by atoms with Crippen molar-refractivity contribution < 1.29 is 4.39 Å². The van der Waals surface area contributed by atoms with Crippen LogP contribution in [0.2, 0.25) is 0 Å². The fourth-order valence-electron chi connectivity index (χ4n) is 2.47. The number of benzene rings is 1. The molecule has 3 heteroatoms. The summed E-state index contributed by atoms with van der Waals surface area (Å²) in [6.07, 6.45) is 2.56. The smallest absolute Gasteiger partial charge is 0.126 e. The highest BCUT2D eigenvalue weighted by molar-refractivity contribution is 5.23. The Balaban J connectivity index is 1.88. The third kappa shape index (κ3) is 3.51. The molecule has 1 unspecified atom stereocenters. The molecule has 94 valence electrons. The Morgan fingerprint density at radius 2 is 2.29 bits per heavy atom. The second-order valence-electron chi connectivity index (χ2n) is 5.07. The van der Waals surface area contributed by atoms with Crippen LogP contribution < -0.4 is 5.32 Å². The van der Waals surface area contributed by atoms with E-state index in [1.807, 2.05) is 19.1 Å². The number of likely N-dealkylation sites (N-methyl/N-ethyl adjacent to an activating group) is 1. The molecule has 1 fully saturated rings. The Kier molecular flexibility index (Phi) is 4.13. The van der Waals surface area contributed by atoms with Gasteiger partial charge in [0, 0.05) is 19.1 Å². The first-order chi connectivity index (χ1) is 8.15. The zero-order valence-corrected chi connectivity index (χ0v) is 10.7. The third-order valence-corrected chi connectivity index (χ3v) is 3.37. The van der Waals surface area contributed by atoms with Gasteiger partial charge in [0.25, 0.3) is 0 Å². The van der Waals surface area contributed by atoms with Crippen molar-refractivity contribution in [2.75, 3.05) is 20.1 Å². The van der Waals surface area contributed by atoms with Crippen LogP contribution in [-0.4, -0.2) is 31.1 Å². The molecule has 0 aliphatic carbocycles. The van der Waals surface area contributed by atoms with Gasteiger partial charge in [-0.15, -0.1) is 0 Å². The molecule has 1 atom stereocenters. The van der Waals surface area contributed by atoms with E-state index in [9.17, 15) is 4.39 Å². The van der Waals surface area contributed by atoms with Crippen LogP contribution in [0.5, 0.6) is 0 Å². The van der Waals surface area contributed by atoms with Gasteiger partial charge < -0.3 is 10.2 Å². The first-order valence-corrected chi connectivity index (χ1v) is 6.32. The first-order valence-electron chi connectivity index (χ1n) is 6.32. The van der Waals surface area contributed by atoms with Crippen LogP contribution in [0.15, 0.2) is 18.2 Å². The molecule has 0 aromatic heterocycles. The molecule has 0 radical (unpaired) electrons. The summed E-state index contributed by atoms with van der Waals surface area (Å²) < 4.78 is 13.1. The van der Waals surface area contributed by atoms with Crippen molar-refractivity contribution in [3.8, 4) is 0 Å². The van der Waals surface area contributed by atoms with Gasteiger partial charge in [-0.25, -0.2) is 4.39 Å². The molecule has 0 bridgehead atoms. The molecular formula is C14H21FN2. The van der Waals surface area contributed by atoms with Crippen molar-refractivity contribution in [3.05, 3.63) is 35.1 Å². The minimum Gasteiger partial charge on any atom is -0.313 e. The summed E-state index contributed by atoms with van der Waals surface area (Å²) in [6.45, 7) is 4.92. The zero-order chi connectivity index (χ0) is 12.3. The maximum Gasteiger partial charge on any atom is 0.126 e. The van der Waals surface area contributed by atoms with E-state index >= 15 is 0 Å². The van der Waals surface area contributed by atoms with E-state index in [0.717, 1.165) is 25.2 Å². The van der Waals surface area contributed by atoms with Gasteiger partial charge in [0.15, 0.2) is 0 Å². The number of hydrogen-bond donors (Lipinski definition) is 1. The summed E-state index contributed by atoms with van der Waals surface area (Å²) in [6, 6.07) is 6.00. The molecule has 1 aliphatic rings. The Bertz CT molecular complexity index is 372. The molecule has 2 nitrogen and oxygen atoms in total. The number of rotatable bonds is 4. The number of aryl methyl sites for hydroxylation is 1. The predicted octanol–water partition coefficient (Wildman–Crippen LogP) is 2.32. The van der Waals surface area contributed by atoms with Crippen molar-refractivity contribution in [3.63, 3.8) is 0 Å². The van der Waals surface area contributed by atoms with Crippen molar-refractivity contribution in [2.24, 2.45) is 0 Å². The van der Waals surface area contributed by atoms with Gasteiger partial charge in [-0.3, -0.25) is 0 Å². The van der Waals surface area contributed by atoms with Crippen LogP contribution >= 0.6 is 0 Å². The van der Waals surface area contributed by atoms with Gasteiger partial charge in [0.05, 0.1) is 0 Å². The molecule has 1 N–H and O–H groups in total. The Morgan fingerprint density at radius 3 is 2.94 bits per heavy atom. The van der Waals surface area contributed by atoms with E-state index in [4.69, 9.17) is 0 Å². The Labute approximate surface area is 103 Å². The molecule has 0 amide bonds. The van der Waals surface area contributed by atoms with E-state index in [0.29, 0.717) is 6.04 Å². The fraction of sp³-hybridized carbons (Fsp3) is 0.571. The standard InChI is InChI=1S/C14H21FN2/c1-11-8-12(5-6-14(11)15)9-17(2)10-13-4-3-7-16-13/h5-6,8,13,16H,3-4,7,9-10H2,1-2H3. The lowest BCUT2D eigenvalue weighted by Gasteiger charge is -2.21. The molecule has 2 rings (SSSR count). The summed E-state index contributed by atoms with van der Waals surface area (Å²) >= 11 is 0. The molecule has 1 saturated heterocycles. The van der Waals surface area contributed by atoms with E-state index in [-0.39, 0.29) is 5.82 Å². The summed E-state index contributed by atoms with van der Waals surface area (Å²) in [5.74, 6) is -0.117. The zero-order valence-electron chi connectivity index (χ0n) is 10.7. The quantitative estimate of drug-likeness (QED) is 0.863.